The van der Waals surface area contributed by atoms with E-state index in [1.165, 1.54) is 13.0 Å². The van der Waals surface area contributed by atoms with Gasteiger partial charge in [0.2, 0.25) is 5.54 Å². The third-order valence-electron chi connectivity index (χ3n) is 2.86. The number of hydrogen-bond acceptors (Lipinski definition) is 5. The molecular formula is C12H13F3N2O4. The van der Waals surface area contributed by atoms with Gasteiger partial charge in [-0.2, -0.15) is 13.2 Å². The quantitative estimate of drug-likeness (QED) is 0.827. The number of esters is 1. The molecule has 1 aromatic rings. The molecule has 1 rings (SSSR count). The number of methoxy groups -OCH3 is 1. The van der Waals surface area contributed by atoms with Gasteiger partial charge >= 0.3 is 18.1 Å². The van der Waals surface area contributed by atoms with Crippen LogP contribution in [0.15, 0.2) is 12.1 Å². The number of carboxylic acids is 1. The zero-order valence-electron chi connectivity index (χ0n) is 11.4. The summed E-state index contributed by atoms with van der Waals surface area (Å²) >= 11 is 0. The van der Waals surface area contributed by atoms with Crippen molar-refractivity contribution in [1.29, 1.82) is 0 Å². The summed E-state index contributed by atoms with van der Waals surface area (Å²) in [6.45, 7) is 1.88. The van der Waals surface area contributed by atoms with Crippen LogP contribution < -0.4 is 5.32 Å². The Morgan fingerprint density at radius 3 is 2.29 bits per heavy atom. The molecule has 1 unspecified atom stereocenters. The standard InChI is InChI=1S/C12H13F3N2O4/c1-6-7(9(18)21-3)4-5-8(16-6)17-11(2,10(19)20)12(13,14)15/h4-5H,1-3H3,(H,16,17)(H,19,20). The van der Waals surface area contributed by atoms with Crippen molar-refractivity contribution in [2.45, 2.75) is 25.6 Å². The van der Waals surface area contributed by atoms with E-state index in [9.17, 15) is 22.8 Å². The molecule has 0 fully saturated rings. The Bertz CT molecular complexity index is 574. The molecule has 1 atom stereocenters. The largest absolute Gasteiger partial charge is 0.479 e. The second-order valence-corrected chi connectivity index (χ2v) is 4.37. The maximum Gasteiger partial charge on any atom is 0.422 e. The average molecular weight is 306 g/mol. The number of hydrogen-bond donors (Lipinski definition) is 2. The summed E-state index contributed by atoms with van der Waals surface area (Å²) in [6, 6.07) is 2.28. The molecule has 6 nitrogen and oxygen atoms in total. The maximum atomic E-state index is 12.9. The van der Waals surface area contributed by atoms with Crippen molar-refractivity contribution in [2.24, 2.45) is 0 Å². The van der Waals surface area contributed by atoms with E-state index in [0.29, 0.717) is 6.92 Å². The molecule has 9 heteroatoms. The lowest BCUT2D eigenvalue weighted by Crippen LogP contribution is -2.55. The second kappa shape index (κ2) is 5.58. The number of aliphatic carboxylic acids is 1. The van der Waals surface area contributed by atoms with Gasteiger partial charge in [0.1, 0.15) is 5.82 Å². The molecule has 116 valence electrons. The third kappa shape index (κ3) is 3.23. The fraction of sp³-hybridized carbons (Fsp3) is 0.417. The molecule has 0 aliphatic carbocycles. The zero-order valence-corrected chi connectivity index (χ0v) is 11.4. The van der Waals surface area contributed by atoms with Crippen molar-refractivity contribution in [3.8, 4) is 0 Å². The van der Waals surface area contributed by atoms with Crippen LogP contribution in [0, 0.1) is 6.92 Å². The molecule has 0 radical (unpaired) electrons. The minimum Gasteiger partial charge on any atom is -0.479 e. The predicted molar refractivity (Wildman–Crippen MR) is 66.0 cm³/mol. The van der Waals surface area contributed by atoms with Crippen LogP contribution in [0.25, 0.3) is 0 Å². The van der Waals surface area contributed by atoms with Crippen molar-refractivity contribution < 1.29 is 32.6 Å². The molecule has 0 bridgehead atoms. The number of carbonyl (C=O) groups excluding carboxylic acids is 1. The number of aryl methyl sites for hydroxylation is 1. The van der Waals surface area contributed by atoms with Gasteiger partial charge in [-0.3, -0.25) is 0 Å². The van der Waals surface area contributed by atoms with E-state index in [1.807, 2.05) is 5.32 Å². The molecule has 0 amide bonds. The first kappa shape index (κ1) is 16.7. The summed E-state index contributed by atoms with van der Waals surface area (Å²) in [6.07, 6.45) is -5.03. The first-order valence-corrected chi connectivity index (χ1v) is 5.67. The number of nitrogens with one attached hydrogen (secondary N) is 1. The number of nitrogens with zero attached hydrogens (tertiary/aromatic N) is 1. The number of pyridine rings is 1. The molecule has 1 heterocycles. The van der Waals surface area contributed by atoms with E-state index in [4.69, 9.17) is 5.11 Å². The van der Waals surface area contributed by atoms with Gasteiger partial charge in [-0.25, -0.2) is 14.6 Å². The number of carboxylic acid groups (broad SMARTS) is 1. The lowest BCUT2D eigenvalue weighted by molar-refractivity contribution is -0.192. The highest BCUT2D eigenvalue weighted by Gasteiger charge is 2.57. The minimum absolute atomic E-state index is 0.0760. The number of anilines is 1. The van der Waals surface area contributed by atoms with Crippen molar-refractivity contribution in [1.82, 2.24) is 4.98 Å². The van der Waals surface area contributed by atoms with Crippen LogP contribution in [0.4, 0.5) is 19.0 Å². The van der Waals surface area contributed by atoms with E-state index in [1.54, 1.807) is 0 Å². The van der Waals surface area contributed by atoms with Crippen molar-refractivity contribution in [3.05, 3.63) is 23.4 Å². The van der Waals surface area contributed by atoms with Crippen LogP contribution in [0.5, 0.6) is 0 Å². The molecule has 0 aliphatic heterocycles. The number of carbonyl (C=O) groups is 2. The fourth-order valence-corrected chi connectivity index (χ4v) is 1.46. The second-order valence-electron chi connectivity index (χ2n) is 4.37. The zero-order chi connectivity index (χ0) is 16.4. The van der Waals surface area contributed by atoms with Crippen LogP contribution in [0.3, 0.4) is 0 Å². The van der Waals surface area contributed by atoms with Crippen molar-refractivity contribution >= 4 is 17.8 Å². The highest BCUT2D eigenvalue weighted by Crippen LogP contribution is 2.33. The van der Waals surface area contributed by atoms with Crippen LogP contribution in [-0.2, 0) is 9.53 Å². The Hall–Kier alpha value is -2.32. The van der Waals surface area contributed by atoms with E-state index in [2.05, 4.69) is 9.72 Å². The van der Waals surface area contributed by atoms with Gasteiger partial charge < -0.3 is 15.2 Å². The Morgan fingerprint density at radius 2 is 1.90 bits per heavy atom. The Balaban J connectivity index is 3.16. The Labute approximate surface area is 117 Å². The SMILES string of the molecule is COC(=O)c1ccc(NC(C)(C(=O)O)C(F)(F)F)nc1C. The first-order chi connectivity index (χ1) is 9.52. The Morgan fingerprint density at radius 1 is 1.33 bits per heavy atom. The molecule has 0 saturated carbocycles. The van der Waals surface area contributed by atoms with Crippen LogP contribution in [-0.4, -0.2) is 40.9 Å². The highest BCUT2D eigenvalue weighted by molar-refractivity contribution is 5.90. The van der Waals surface area contributed by atoms with Gasteiger partial charge in [-0.1, -0.05) is 0 Å². The molecule has 0 aliphatic rings. The van der Waals surface area contributed by atoms with Crippen LogP contribution in [0.1, 0.15) is 23.0 Å². The Kier molecular flexibility index (Phi) is 4.45. The lowest BCUT2D eigenvalue weighted by atomic mass is 10.0. The summed E-state index contributed by atoms with van der Waals surface area (Å²) < 4.78 is 43.1. The van der Waals surface area contributed by atoms with E-state index in [-0.39, 0.29) is 17.1 Å². The van der Waals surface area contributed by atoms with E-state index in [0.717, 1.165) is 13.2 Å². The summed E-state index contributed by atoms with van der Waals surface area (Å²) in [5.41, 5.74) is -3.01. The molecule has 21 heavy (non-hydrogen) atoms. The topological polar surface area (TPSA) is 88.5 Å². The van der Waals surface area contributed by atoms with E-state index >= 15 is 0 Å². The van der Waals surface area contributed by atoms with Gasteiger partial charge in [0.05, 0.1) is 18.4 Å². The minimum atomic E-state index is -5.03. The van der Waals surface area contributed by atoms with Gasteiger partial charge in [0.25, 0.3) is 0 Å². The van der Waals surface area contributed by atoms with Gasteiger partial charge in [0.15, 0.2) is 0 Å². The van der Waals surface area contributed by atoms with E-state index < -0.39 is 23.7 Å². The summed E-state index contributed by atoms with van der Waals surface area (Å²) in [5, 5.41) is 10.6. The molecule has 0 saturated heterocycles. The average Bonchev–Trinajstić information content (AvgIpc) is 2.36. The lowest BCUT2D eigenvalue weighted by Gasteiger charge is -2.29. The number of alkyl halides is 3. The fourth-order valence-electron chi connectivity index (χ4n) is 1.46. The van der Waals surface area contributed by atoms with Crippen molar-refractivity contribution in [2.75, 3.05) is 12.4 Å². The predicted octanol–water partition coefficient (Wildman–Crippen LogP) is 1.99. The highest BCUT2D eigenvalue weighted by atomic mass is 19.4. The van der Waals surface area contributed by atoms with Gasteiger partial charge in [0, 0.05) is 0 Å². The number of ether oxygens (including phenoxy) is 1. The third-order valence-corrected chi connectivity index (χ3v) is 2.86. The molecule has 2 N–H and O–H groups in total. The van der Waals surface area contributed by atoms with Crippen LogP contribution >= 0.6 is 0 Å². The monoisotopic (exact) mass is 306 g/mol. The van der Waals surface area contributed by atoms with Gasteiger partial charge in [-0.15, -0.1) is 0 Å². The number of halogens is 3. The van der Waals surface area contributed by atoms with Crippen LogP contribution in [0.2, 0.25) is 0 Å². The molecule has 1 aromatic heterocycles. The first-order valence-electron chi connectivity index (χ1n) is 5.67. The number of rotatable bonds is 4. The molecule has 0 spiro atoms. The summed E-state index contributed by atoms with van der Waals surface area (Å²) in [5.74, 6) is -3.10. The maximum absolute atomic E-state index is 12.9. The van der Waals surface area contributed by atoms with Crippen molar-refractivity contribution in [3.63, 3.8) is 0 Å². The van der Waals surface area contributed by atoms with Gasteiger partial charge in [-0.05, 0) is 26.0 Å². The summed E-state index contributed by atoms with van der Waals surface area (Å²) in [4.78, 5) is 26.0. The smallest absolute Gasteiger partial charge is 0.422 e. The molecular weight excluding hydrogens is 293 g/mol. The number of aromatic nitrogens is 1. The normalized spacial score (nSPS) is 14.2. The summed E-state index contributed by atoms with van der Waals surface area (Å²) in [7, 11) is 1.15. The molecule has 0 aromatic carbocycles.